The largest absolute Gasteiger partial charge is 0.395 e. The van der Waals surface area contributed by atoms with Crippen molar-refractivity contribution in [3.63, 3.8) is 0 Å². The van der Waals surface area contributed by atoms with E-state index < -0.39 is 0 Å². The molecule has 7 heteroatoms. The normalized spacial score (nSPS) is 11.0. The maximum Gasteiger partial charge on any atom is 0.265 e. The number of hydrogen-bond donors (Lipinski definition) is 1. The molecule has 0 aliphatic rings. The summed E-state index contributed by atoms with van der Waals surface area (Å²) in [7, 11) is 1.54. The van der Waals surface area contributed by atoms with E-state index in [0.29, 0.717) is 33.1 Å². The Hall–Kier alpha value is -1.21. The summed E-state index contributed by atoms with van der Waals surface area (Å²) in [6.07, 6.45) is 0. The number of aliphatic hydroxyl groups is 1. The molecule has 0 bridgehead atoms. The highest BCUT2D eigenvalue weighted by atomic mass is 35.5. The molecule has 0 atom stereocenters. The van der Waals surface area contributed by atoms with Gasteiger partial charge in [0, 0.05) is 30.3 Å². The van der Waals surface area contributed by atoms with Crippen LogP contribution in [0.15, 0.2) is 18.2 Å². The molecule has 0 aliphatic heterocycles. The molecule has 0 aliphatic carbocycles. The molecule has 4 nitrogen and oxygen atoms in total. The van der Waals surface area contributed by atoms with Crippen molar-refractivity contribution in [3.05, 3.63) is 33.9 Å². The van der Waals surface area contributed by atoms with Crippen molar-refractivity contribution in [1.29, 1.82) is 0 Å². The number of methoxy groups -OCH3 is 1. The first-order valence-electron chi connectivity index (χ1n) is 6.35. The van der Waals surface area contributed by atoms with Gasteiger partial charge in [-0.15, -0.1) is 11.3 Å². The van der Waals surface area contributed by atoms with Crippen molar-refractivity contribution < 1.29 is 19.0 Å². The zero-order valence-corrected chi connectivity index (χ0v) is 13.0. The number of benzene rings is 1. The molecule has 114 valence electrons. The van der Waals surface area contributed by atoms with Gasteiger partial charge in [-0.2, -0.15) is 0 Å². The number of halogens is 2. The van der Waals surface area contributed by atoms with Crippen molar-refractivity contribution in [1.82, 2.24) is 4.90 Å². The molecule has 1 aromatic carbocycles. The molecule has 0 unspecified atom stereocenters. The SMILES string of the molecule is COCCN(CCO)C(=O)c1sc2cc(F)ccc2c1Cl. The van der Waals surface area contributed by atoms with E-state index >= 15 is 0 Å². The van der Waals surface area contributed by atoms with E-state index in [-0.39, 0.29) is 24.9 Å². The van der Waals surface area contributed by atoms with E-state index in [1.165, 1.54) is 24.1 Å². The minimum absolute atomic E-state index is 0.146. The molecule has 0 spiro atoms. The lowest BCUT2D eigenvalue weighted by Crippen LogP contribution is -2.35. The zero-order chi connectivity index (χ0) is 15.4. The number of amides is 1. The average Bonchev–Trinajstić information content (AvgIpc) is 2.79. The number of rotatable bonds is 6. The number of carbonyl (C=O) groups excluding carboxylic acids is 1. The van der Waals surface area contributed by atoms with E-state index in [1.54, 1.807) is 6.07 Å². The van der Waals surface area contributed by atoms with Crippen LogP contribution in [0.4, 0.5) is 4.39 Å². The third kappa shape index (κ3) is 3.52. The van der Waals surface area contributed by atoms with Gasteiger partial charge in [-0.3, -0.25) is 4.79 Å². The summed E-state index contributed by atoms with van der Waals surface area (Å²) < 4.78 is 18.8. The maximum atomic E-state index is 13.2. The molecule has 0 radical (unpaired) electrons. The standard InChI is InChI=1S/C14H15ClFNO3S/c1-20-7-5-17(4-6-18)14(19)13-12(15)10-3-2-9(16)8-11(10)21-13/h2-3,8,18H,4-7H2,1H3. The summed E-state index contributed by atoms with van der Waals surface area (Å²) in [5.74, 6) is -0.654. The molecular formula is C14H15ClFNO3S. The number of aliphatic hydroxyl groups excluding tert-OH is 1. The Bertz CT molecular complexity index is 646. The first kappa shape index (κ1) is 16.2. The first-order valence-corrected chi connectivity index (χ1v) is 7.54. The van der Waals surface area contributed by atoms with Crippen molar-refractivity contribution >= 4 is 38.9 Å². The van der Waals surface area contributed by atoms with Gasteiger partial charge in [0.15, 0.2) is 0 Å². The topological polar surface area (TPSA) is 49.8 Å². The quantitative estimate of drug-likeness (QED) is 0.885. The molecule has 2 rings (SSSR count). The van der Waals surface area contributed by atoms with Gasteiger partial charge >= 0.3 is 0 Å². The van der Waals surface area contributed by atoms with E-state index in [0.717, 1.165) is 11.3 Å². The molecule has 2 aromatic rings. The van der Waals surface area contributed by atoms with Gasteiger partial charge in [0.1, 0.15) is 10.7 Å². The van der Waals surface area contributed by atoms with E-state index in [2.05, 4.69) is 0 Å². The molecular weight excluding hydrogens is 317 g/mol. The fourth-order valence-electron chi connectivity index (χ4n) is 1.96. The Morgan fingerprint density at radius 2 is 2.24 bits per heavy atom. The van der Waals surface area contributed by atoms with Crippen molar-refractivity contribution in [2.24, 2.45) is 0 Å². The highest BCUT2D eigenvalue weighted by molar-refractivity contribution is 7.21. The van der Waals surface area contributed by atoms with Gasteiger partial charge in [-0.1, -0.05) is 11.6 Å². The summed E-state index contributed by atoms with van der Waals surface area (Å²) >= 11 is 7.38. The van der Waals surface area contributed by atoms with Crippen LogP contribution in [0.2, 0.25) is 5.02 Å². The van der Waals surface area contributed by atoms with E-state index in [1.807, 2.05) is 0 Å². The van der Waals surface area contributed by atoms with Crippen molar-refractivity contribution in [2.75, 3.05) is 33.4 Å². The van der Waals surface area contributed by atoms with Crippen molar-refractivity contribution in [3.8, 4) is 0 Å². The summed E-state index contributed by atoms with van der Waals surface area (Å²) in [6.45, 7) is 0.769. The Balaban J connectivity index is 2.34. The Kier molecular flexibility index (Phi) is 5.52. The lowest BCUT2D eigenvalue weighted by atomic mass is 10.2. The van der Waals surface area contributed by atoms with Crippen LogP contribution in [0.1, 0.15) is 9.67 Å². The van der Waals surface area contributed by atoms with Crippen LogP contribution in [-0.4, -0.2) is 49.3 Å². The smallest absolute Gasteiger partial charge is 0.265 e. The summed E-state index contributed by atoms with van der Waals surface area (Å²) in [6, 6.07) is 4.23. The van der Waals surface area contributed by atoms with Crippen LogP contribution in [0.25, 0.3) is 10.1 Å². The van der Waals surface area contributed by atoms with Crippen LogP contribution >= 0.6 is 22.9 Å². The van der Waals surface area contributed by atoms with Gasteiger partial charge < -0.3 is 14.7 Å². The lowest BCUT2D eigenvalue weighted by Gasteiger charge is -2.20. The van der Waals surface area contributed by atoms with Crippen LogP contribution in [0.3, 0.4) is 0 Å². The number of hydrogen-bond acceptors (Lipinski definition) is 4. The second kappa shape index (κ2) is 7.17. The number of nitrogens with zero attached hydrogens (tertiary/aromatic N) is 1. The average molecular weight is 332 g/mol. The lowest BCUT2D eigenvalue weighted by molar-refractivity contribution is 0.0661. The highest BCUT2D eigenvalue weighted by Gasteiger charge is 2.22. The Morgan fingerprint density at radius 1 is 1.48 bits per heavy atom. The van der Waals surface area contributed by atoms with Crippen LogP contribution in [0.5, 0.6) is 0 Å². The number of carbonyl (C=O) groups is 1. The monoisotopic (exact) mass is 331 g/mol. The molecule has 0 saturated heterocycles. The Morgan fingerprint density at radius 3 is 2.90 bits per heavy atom. The second-order valence-electron chi connectivity index (χ2n) is 4.39. The van der Waals surface area contributed by atoms with E-state index in [4.69, 9.17) is 21.4 Å². The summed E-state index contributed by atoms with van der Waals surface area (Å²) in [4.78, 5) is 14.3. The minimum atomic E-state index is -0.369. The molecule has 0 fully saturated rings. The number of fused-ring (bicyclic) bond motifs is 1. The van der Waals surface area contributed by atoms with Gasteiger partial charge in [0.2, 0.25) is 0 Å². The second-order valence-corrected chi connectivity index (χ2v) is 5.82. The fourth-order valence-corrected chi connectivity index (χ4v) is 3.46. The van der Waals surface area contributed by atoms with Gasteiger partial charge in [0.05, 0.1) is 18.2 Å². The minimum Gasteiger partial charge on any atom is -0.395 e. The maximum absolute atomic E-state index is 13.2. The van der Waals surface area contributed by atoms with Gasteiger partial charge in [-0.25, -0.2) is 4.39 Å². The third-order valence-electron chi connectivity index (χ3n) is 3.01. The van der Waals surface area contributed by atoms with E-state index in [9.17, 15) is 9.18 Å². The molecule has 1 aromatic heterocycles. The zero-order valence-electron chi connectivity index (χ0n) is 11.4. The molecule has 1 N–H and O–H groups in total. The van der Waals surface area contributed by atoms with Crippen LogP contribution in [-0.2, 0) is 4.74 Å². The van der Waals surface area contributed by atoms with Crippen LogP contribution < -0.4 is 0 Å². The predicted molar refractivity (Wildman–Crippen MR) is 81.7 cm³/mol. The Labute approximate surface area is 130 Å². The molecule has 0 saturated carbocycles. The van der Waals surface area contributed by atoms with Gasteiger partial charge in [-0.05, 0) is 18.2 Å². The van der Waals surface area contributed by atoms with Gasteiger partial charge in [0.25, 0.3) is 5.91 Å². The summed E-state index contributed by atoms with van der Waals surface area (Å²) in [5.41, 5.74) is 0. The van der Waals surface area contributed by atoms with Crippen LogP contribution in [0, 0.1) is 5.82 Å². The first-order chi connectivity index (χ1) is 10.1. The molecule has 1 heterocycles. The fraction of sp³-hybridized carbons (Fsp3) is 0.357. The molecule has 21 heavy (non-hydrogen) atoms. The van der Waals surface area contributed by atoms with Crippen molar-refractivity contribution in [2.45, 2.75) is 0 Å². The third-order valence-corrected chi connectivity index (χ3v) is 4.65. The predicted octanol–water partition coefficient (Wildman–Crippen LogP) is 2.77. The number of ether oxygens (including phenoxy) is 1. The molecule has 1 amide bonds. The number of thiophene rings is 1. The highest BCUT2D eigenvalue weighted by Crippen LogP contribution is 2.36. The summed E-state index contributed by atoms with van der Waals surface area (Å²) in [5, 5.41) is 10.0.